The van der Waals surface area contributed by atoms with E-state index in [1.165, 1.54) is 0 Å². The van der Waals surface area contributed by atoms with Crippen molar-refractivity contribution in [2.75, 3.05) is 19.5 Å². The van der Waals surface area contributed by atoms with Crippen molar-refractivity contribution >= 4 is 11.6 Å². The number of methoxy groups -OCH3 is 2. The van der Waals surface area contributed by atoms with Crippen LogP contribution in [0.1, 0.15) is 10.5 Å². The van der Waals surface area contributed by atoms with Gasteiger partial charge in [0.1, 0.15) is 5.69 Å². The maximum atomic E-state index is 13.2. The van der Waals surface area contributed by atoms with E-state index in [0.29, 0.717) is 22.9 Å². The number of carbonyl (C=O) groups is 1. The summed E-state index contributed by atoms with van der Waals surface area (Å²) >= 11 is 0. The van der Waals surface area contributed by atoms with Crippen molar-refractivity contribution in [3.8, 4) is 28.4 Å². The molecule has 0 radical (unpaired) electrons. The first-order chi connectivity index (χ1) is 14.7. The highest BCUT2D eigenvalue weighted by molar-refractivity contribution is 6.04. The zero-order valence-electron chi connectivity index (χ0n) is 16.7. The zero-order valence-corrected chi connectivity index (χ0v) is 16.7. The summed E-state index contributed by atoms with van der Waals surface area (Å²) in [4.78, 5) is 13.2. The number of carbonyl (C=O) groups excluding carboxylic acids is 1. The maximum absolute atomic E-state index is 13.2. The fourth-order valence-corrected chi connectivity index (χ4v) is 3.17. The molecule has 30 heavy (non-hydrogen) atoms. The third-order valence-electron chi connectivity index (χ3n) is 4.65. The number of amides is 1. The minimum atomic E-state index is -0.277. The number of hydrogen-bond acceptors (Lipinski definition) is 4. The molecule has 1 heterocycles. The van der Waals surface area contributed by atoms with Crippen LogP contribution in [0.3, 0.4) is 0 Å². The predicted molar refractivity (Wildman–Crippen MR) is 116 cm³/mol. The summed E-state index contributed by atoms with van der Waals surface area (Å²) in [5.41, 5.74) is 3.48. The Morgan fingerprint density at radius 1 is 0.833 bits per heavy atom. The predicted octanol–water partition coefficient (Wildman–Crippen LogP) is 4.81. The van der Waals surface area contributed by atoms with Crippen molar-refractivity contribution in [1.82, 2.24) is 9.78 Å². The molecule has 1 N–H and O–H groups in total. The van der Waals surface area contributed by atoms with Crippen LogP contribution in [0.4, 0.5) is 5.69 Å². The number of ether oxygens (including phenoxy) is 2. The molecule has 0 fully saturated rings. The van der Waals surface area contributed by atoms with Crippen molar-refractivity contribution in [1.29, 1.82) is 0 Å². The van der Waals surface area contributed by atoms with Crippen LogP contribution in [-0.2, 0) is 0 Å². The van der Waals surface area contributed by atoms with Gasteiger partial charge in [-0.25, -0.2) is 4.68 Å². The second-order valence-corrected chi connectivity index (χ2v) is 6.55. The summed E-state index contributed by atoms with van der Waals surface area (Å²) in [6, 6.07) is 26.4. The SMILES string of the molecule is COc1ccc(NC(=O)c2cc(-c3ccccc3)nn2-c2ccccc2)cc1OC. The van der Waals surface area contributed by atoms with Gasteiger partial charge in [-0.05, 0) is 30.3 Å². The number of para-hydroxylation sites is 1. The number of anilines is 1. The Kier molecular flexibility index (Phi) is 5.48. The molecule has 3 aromatic carbocycles. The van der Waals surface area contributed by atoms with Crippen LogP contribution in [0.2, 0.25) is 0 Å². The fraction of sp³-hybridized carbons (Fsp3) is 0.0833. The van der Waals surface area contributed by atoms with E-state index in [-0.39, 0.29) is 5.91 Å². The Hall–Kier alpha value is -4.06. The van der Waals surface area contributed by atoms with Gasteiger partial charge in [-0.15, -0.1) is 0 Å². The van der Waals surface area contributed by atoms with Crippen LogP contribution in [-0.4, -0.2) is 29.9 Å². The normalized spacial score (nSPS) is 10.5. The van der Waals surface area contributed by atoms with Gasteiger partial charge in [0, 0.05) is 17.3 Å². The molecule has 6 nitrogen and oxygen atoms in total. The van der Waals surface area contributed by atoms with Gasteiger partial charge in [0.05, 0.1) is 25.6 Å². The molecule has 0 aliphatic heterocycles. The van der Waals surface area contributed by atoms with Gasteiger partial charge in [-0.1, -0.05) is 48.5 Å². The monoisotopic (exact) mass is 399 g/mol. The Morgan fingerprint density at radius 2 is 1.50 bits per heavy atom. The van der Waals surface area contributed by atoms with Crippen LogP contribution in [0, 0.1) is 0 Å². The van der Waals surface area contributed by atoms with E-state index >= 15 is 0 Å². The highest BCUT2D eigenvalue weighted by Gasteiger charge is 2.18. The van der Waals surface area contributed by atoms with Gasteiger partial charge < -0.3 is 14.8 Å². The number of nitrogens with one attached hydrogen (secondary N) is 1. The second-order valence-electron chi connectivity index (χ2n) is 6.55. The van der Waals surface area contributed by atoms with Crippen LogP contribution in [0.5, 0.6) is 11.5 Å². The topological polar surface area (TPSA) is 65.4 Å². The molecule has 0 saturated heterocycles. The smallest absolute Gasteiger partial charge is 0.274 e. The first kappa shape index (κ1) is 19.3. The standard InChI is InChI=1S/C24H21N3O3/c1-29-22-14-13-18(15-23(22)30-2)25-24(28)21-16-20(17-9-5-3-6-10-17)26-27(21)19-11-7-4-8-12-19/h3-16H,1-2H3,(H,25,28). The van der Waals surface area contributed by atoms with Gasteiger partial charge in [-0.3, -0.25) is 4.79 Å². The first-order valence-electron chi connectivity index (χ1n) is 9.44. The first-order valence-corrected chi connectivity index (χ1v) is 9.44. The lowest BCUT2D eigenvalue weighted by Crippen LogP contribution is -2.17. The van der Waals surface area contributed by atoms with Gasteiger partial charge in [0.25, 0.3) is 5.91 Å². The van der Waals surface area contributed by atoms with Crippen LogP contribution >= 0.6 is 0 Å². The maximum Gasteiger partial charge on any atom is 0.274 e. The molecule has 1 aromatic heterocycles. The largest absolute Gasteiger partial charge is 0.493 e. The van der Waals surface area contributed by atoms with Gasteiger partial charge >= 0.3 is 0 Å². The van der Waals surface area contributed by atoms with E-state index in [1.54, 1.807) is 43.2 Å². The van der Waals surface area contributed by atoms with E-state index in [0.717, 1.165) is 16.9 Å². The van der Waals surface area contributed by atoms with Crippen molar-refractivity contribution in [3.05, 3.63) is 90.6 Å². The van der Waals surface area contributed by atoms with E-state index < -0.39 is 0 Å². The molecule has 150 valence electrons. The molecule has 0 spiro atoms. The number of rotatable bonds is 6. The number of nitrogens with zero attached hydrogens (tertiary/aromatic N) is 2. The molecular formula is C24H21N3O3. The molecule has 0 atom stereocenters. The number of aromatic nitrogens is 2. The summed E-state index contributed by atoms with van der Waals surface area (Å²) < 4.78 is 12.2. The molecule has 4 aromatic rings. The average Bonchev–Trinajstić information content (AvgIpc) is 3.26. The van der Waals surface area contributed by atoms with Crippen molar-refractivity contribution in [2.45, 2.75) is 0 Å². The summed E-state index contributed by atoms with van der Waals surface area (Å²) in [6.45, 7) is 0. The Morgan fingerprint density at radius 3 is 2.17 bits per heavy atom. The third-order valence-corrected chi connectivity index (χ3v) is 4.65. The minimum absolute atomic E-state index is 0.277. The Balaban J connectivity index is 1.72. The van der Waals surface area contributed by atoms with E-state index in [4.69, 9.17) is 9.47 Å². The second kappa shape index (κ2) is 8.53. The minimum Gasteiger partial charge on any atom is -0.493 e. The van der Waals surface area contributed by atoms with Gasteiger partial charge in [0.2, 0.25) is 0 Å². The van der Waals surface area contributed by atoms with Crippen molar-refractivity contribution < 1.29 is 14.3 Å². The summed E-state index contributed by atoms with van der Waals surface area (Å²) in [7, 11) is 3.12. The van der Waals surface area contributed by atoms with E-state index in [9.17, 15) is 4.79 Å². The Bertz CT molecular complexity index is 1160. The van der Waals surface area contributed by atoms with Gasteiger partial charge in [-0.2, -0.15) is 5.10 Å². The molecule has 0 unspecified atom stereocenters. The van der Waals surface area contributed by atoms with Crippen LogP contribution < -0.4 is 14.8 Å². The molecule has 0 saturated carbocycles. The lowest BCUT2D eigenvalue weighted by Gasteiger charge is -2.11. The summed E-state index contributed by atoms with van der Waals surface area (Å²) in [5, 5.41) is 7.61. The molecule has 1 amide bonds. The summed E-state index contributed by atoms with van der Waals surface area (Å²) in [5.74, 6) is 0.855. The highest BCUT2D eigenvalue weighted by Crippen LogP contribution is 2.30. The molecule has 0 aliphatic carbocycles. The molecule has 4 rings (SSSR count). The van der Waals surface area contributed by atoms with Crippen LogP contribution in [0.25, 0.3) is 16.9 Å². The fourth-order valence-electron chi connectivity index (χ4n) is 3.17. The quantitative estimate of drug-likeness (QED) is 0.505. The van der Waals surface area contributed by atoms with Gasteiger partial charge in [0.15, 0.2) is 11.5 Å². The van der Waals surface area contributed by atoms with E-state index in [2.05, 4.69) is 10.4 Å². The molecule has 0 bridgehead atoms. The highest BCUT2D eigenvalue weighted by atomic mass is 16.5. The summed E-state index contributed by atoms with van der Waals surface area (Å²) in [6.07, 6.45) is 0. The van der Waals surface area contributed by atoms with Crippen molar-refractivity contribution in [3.63, 3.8) is 0 Å². The zero-order chi connectivity index (χ0) is 20.9. The lowest BCUT2D eigenvalue weighted by molar-refractivity contribution is 0.101. The number of hydrogen-bond donors (Lipinski definition) is 1. The van der Waals surface area contributed by atoms with E-state index in [1.807, 2.05) is 60.7 Å². The third kappa shape index (κ3) is 3.89. The van der Waals surface area contributed by atoms with Crippen molar-refractivity contribution in [2.24, 2.45) is 0 Å². The molecule has 0 aliphatic rings. The molecule has 6 heteroatoms. The lowest BCUT2D eigenvalue weighted by atomic mass is 10.1. The average molecular weight is 399 g/mol. The van der Waals surface area contributed by atoms with Crippen LogP contribution in [0.15, 0.2) is 84.9 Å². The Labute approximate surface area is 174 Å². The molecular weight excluding hydrogens is 378 g/mol. The number of benzene rings is 3.